The average molecular weight is 308 g/mol. The first-order chi connectivity index (χ1) is 11.0. The number of nitrogens with zero attached hydrogens (tertiary/aromatic N) is 2. The van der Waals surface area contributed by atoms with E-state index in [2.05, 4.69) is 6.07 Å². The normalized spacial score (nSPS) is 11.6. The second-order valence-corrected chi connectivity index (χ2v) is 5.48. The number of carbonyl (C=O) groups is 1. The number of anilines is 1. The molecule has 1 unspecified atom stereocenters. The number of rotatable bonds is 5. The number of aliphatic hydroxyl groups excluding tert-OH is 1. The van der Waals surface area contributed by atoms with Gasteiger partial charge >= 0.3 is 0 Å². The van der Waals surface area contributed by atoms with Gasteiger partial charge in [-0.15, -0.1) is 0 Å². The molecule has 0 heterocycles. The Bertz CT molecular complexity index is 720. The summed E-state index contributed by atoms with van der Waals surface area (Å²) in [5, 5.41) is 19.2. The van der Waals surface area contributed by atoms with Gasteiger partial charge in [-0.3, -0.25) is 4.79 Å². The predicted molar refractivity (Wildman–Crippen MR) is 89.9 cm³/mol. The molecule has 23 heavy (non-hydrogen) atoms. The maximum absolute atomic E-state index is 12.7. The molecule has 1 N–H and O–H groups in total. The largest absolute Gasteiger partial charge is 0.378 e. The van der Waals surface area contributed by atoms with Gasteiger partial charge in [-0.05, 0) is 42.7 Å². The molecular weight excluding hydrogens is 288 g/mol. The van der Waals surface area contributed by atoms with E-state index in [1.165, 1.54) is 4.90 Å². The Labute approximate surface area is 136 Å². The molecule has 0 fully saturated rings. The van der Waals surface area contributed by atoms with Crippen LogP contribution in [-0.2, 0) is 4.79 Å². The van der Waals surface area contributed by atoms with E-state index in [4.69, 9.17) is 5.26 Å². The molecule has 0 spiro atoms. The summed E-state index contributed by atoms with van der Waals surface area (Å²) in [7, 11) is 0. The predicted octanol–water partition coefficient (Wildman–Crippen LogP) is 3.28. The molecule has 4 heteroatoms. The second kappa shape index (κ2) is 7.57. The number of nitriles is 1. The summed E-state index contributed by atoms with van der Waals surface area (Å²) < 4.78 is 0. The van der Waals surface area contributed by atoms with Gasteiger partial charge in [-0.2, -0.15) is 5.26 Å². The highest BCUT2D eigenvalue weighted by Crippen LogP contribution is 2.23. The fraction of sp³-hybridized carbons (Fsp3) is 0.263. The van der Waals surface area contributed by atoms with Crippen molar-refractivity contribution in [1.29, 1.82) is 5.26 Å². The lowest BCUT2D eigenvalue weighted by molar-refractivity contribution is -0.126. The number of hydrogen-bond donors (Lipinski definition) is 1. The van der Waals surface area contributed by atoms with Gasteiger partial charge < -0.3 is 10.0 Å². The van der Waals surface area contributed by atoms with Crippen molar-refractivity contribution in [2.24, 2.45) is 0 Å². The van der Waals surface area contributed by atoms with E-state index in [9.17, 15) is 9.90 Å². The van der Waals surface area contributed by atoms with Crippen LogP contribution in [0.2, 0.25) is 0 Å². The van der Waals surface area contributed by atoms with Crippen LogP contribution in [0.4, 0.5) is 5.69 Å². The van der Waals surface area contributed by atoms with E-state index in [0.717, 1.165) is 11.1 Å². The SMILES string of the molecule is Cc1ccc(N(CCC#N)C(=O)C(O)c2ccccc2)cc1C. The Kier molecular flexibility index (Phi) is 5.51. The van der Waals surface area contributed by atoms with Gasteiger partial charge in [0.15, 0.2) is 6.10 Å². The summed E-state index contributed by atoms with van der Waals surface area (Å²) in [6.07, 6.45) is -1.03. The first-order valence-electron chi connectivity index (χ1n) is 7.53. The smallest absolute Gasteiger partial charge is 0.260 e. The van der Waals surface area contributed by atoms with Crippen molar-refractivity contribution >= 4 is 11.6 Å². The van der Waals surface area contributed by atoms with Gasteiger partial charge in [0.05, 0.1) is 12.5 Å². The first kappa shape index (κ1) is 16.7. The fourth-order valence-electron chi connectivity index (χ4n) is 2.35. The first-order valence-corrected chi connectivity index (χ1v) is 7.53. The van der Waals surface area contributed by atoms with Crippen LogP contribution in [0.25, 0.3) is 0 Å². The molecule has 4 nitrogen and oxygen atoms in total. The Morgan fingerprint density at radius 2 is 1.87 bits per heavy atom. The van der Waals surface area contributed by atoms with Crippen molar-refractivity contribution in [2.45, 2.75) is 26.4 Å². The number of benzene rings is 2. The number of amides is 1. The zero-order valence-electron chi connectivity index (χ0n) is 13.4. The van der Waals surface area contributed by atoms with Crippen LogP contribution in [0, 0.1) is 25.2 Å². The van der Waals surface area contributed by atoms with Crippen LogP contribution < -0.4 is 4.90 Å². The molecule has 0 radical (unpaired) electrons. The van der Waals surface area contributed by atoms with Crippen LogP contribution in [0.1, 0.15) is 29.2 Å². The lowest BCUT2D eigenvalue weighted by Crippen LogP contribution is -2.36. The van der Waals surface area contributed by atoms with Crippen LogP contribution >= 0.6 is 0 Å². The molecule has 0 aliphatic carbocycles. The molecule has 1 atom stereocenters. The molecule has 0 aliphatic heterocycles. The summed E-state index contributed by atoms with van der Waals surface area (Å²) in [5.41, 5.74) is 3.43. The number of aryl methyl sites for hydroxylation is 2. The van der Waals surface area contributed by atoms with Crippen molar-refractivity contribution < 1.29 is 9.90 Å². The second-order valence-electron chi connectivity index (χ2n) is 5.48. The molecule has 0 aliphatic rings. The fourth-order valence-corrected chi connectivity index (χ4v) is 2.35. The number of hydrogen-bond acceptors (Lipinski definition) is 3. The minimum atomic E-state index is -1.24. The van der Waals surface area contributed by atoms with Gasteiger partial charge in [0.2, 0.25) is 0 Å². The summed E-state index contributed by atoms with van der Waals surface area (Å²) in [6.45, 7) is 4.22. The van der Waals surface area contributed by atoms with E-state index in [1.54, 1.807) is 24.3 Å². The highest BCUT2D eigenvalue weighted by atomic mass is 16.3. The standard InChI is InChI=1S/C19H20N2O2/c1-14-9-10-17(13-15(14)2)21(12-6-11-20)19(23)18(22)16-7-4-3-5-8-16/h3-5,7-10,13,18,22H,6,12H2,1-2H3. The molecule has 2 aromatic rings. The zero-order chi connectivity index (χ0) is 16.8. The molecule has 2 rings (SSSR count). The minimum Gasteiger partial charge on any atom is -0.378 e. The molecule has 1 amide bonds. The third-order valence-corrected chi connectivity index (χ3v) is 3.86. The number of aliphatic hydroxyl groups is 1. The quantitative estimate of drug-likeness (QED) is 0.922. The van der Waals surface area contributed by atoms with E-state index in [0.29, 0.717) is 11.3 Å². The molecule has 0 aromatic heterocycles. The Morgan fingerprint density at radius 3 is 2.48 bits per heavy atom. The Balaban J connectivity index is 2.32. The topological polar surface area (TPSA) is 64.3 Å². The Morgan fingerprint density at radius 1 is 1.17 bits per heavy atom. The molecule has 0 saturated carbocycles. The van der Waals surface area contributed by atoms with Crippen molar-refractivity contribution in [3.05, 3.63) is 65.2 Å². The maximum Gasteiger partial charge on any atom is 0.260 e. The maximum atomic E-state index is 12.7. The third-order valence-electron chi connectivity index (χ3n) is 3.86. The van der Waals surface area contributed by atoms with Crippen molar-refractivity contribution in [3.63, 3.8) is 0 Å². The molecule has 0 bridgehead atoms. The minimum absolute atomic E-state index is 0.209. The Hall–Kier alpha value is -2.64. The van der Waals surface area contributed by atoms with Gasteiger partial charge in [0.1, 0.15) is 0 Å². The van der Waals surface area contributed by atoms with Gasteiger partial charge in [-0.1, -0.05) is 36.4 Å². The van der Waals surface area contributed by atoms with Crippen molar-refractivity contribution in [1.82, 2.24) is 0 Å². The van der Waals surface area contributed by atoms with E-state index in [-0.39, 0.29) is 13.0 Å². The van der Waals surface area contributed by atoms with Crippen molar-refractivity contribution in [3.8, 4) is 6.07 Å². The monoisotopic (exact) mass is 308 g/mol. The van der Waals surface area contributed by atoms with E-state index >= 15 is 0 Å². The summed E-state index contributed by atoms with van der Waals surface area (Å²) in [5.74, 6) is -0.422. The van der Waals surface area contributed by atoms with Gasteiger partial charge in [0, 0.05) is 12.2 Å². The van der Waals surface area contributed by atoms with Crippen LogP contribution in [0.15, 0.2) is 48.5 Å². The lowest BCUT2D eigenvalue weighted by atomic mass is 10.1. The van der Waals surface area contributed by atoms with Crippen LogP contribution in [-0.4, -0.2) is 17.6 Å². The third kappa shape index (κ3) is 3.97. The molecular formula is C19H20N2O2. The van der Waals surface area contributed by atoms with Gasteiger partial charge in [-0.25, -0.2) is 0 Å². The summed E-state index contributed by atoms with van der Waals surface area (Å²) in [4.78, 5) is 14.2. The highest BCUT2D eigenvalue weighted by molar-refractivity contribution is 5.97. The van der Waals surface area contributed by atoms with E-state index in [1.807, 2.05) is 38.1 Å². The zero-order valence-corrected chi connectivity index (χ0v) is 13.4. The molecule has 2 aromatic carbocycles. The highest BCUT2D eigenvalue weighted by Gasteiger charge is 2.24. The average Bonchev–Trinajstić information content (AvgIpc) is 2.58. The molecule has 118 valence electrons. The van der Waals surface area contributed by atoms with Crippen LogP contribution in [0.3, 0.4) is 0 Å². The summed E-state index contributed by atoms with van der Waals surface area (Å²) >= 11 is 0. The summed E-state index contributed by atoms with van der Waals surface area (Å²) in [6, 6.07) is 16.6. The lowest BCUT2D eigenvalue weighted by Gasteiger charge is -2.25. The van der Waals surface area contributed by atoms with Crippen LogP contribution in [0.5, 0.6) is 0 Å². The molecule has 0 saturated heterocycles. The van der Waals surface area contributed by atoms with Crippen molar-refractivity contribution in [2.75, 3.05) is 11.4 Å². The van der Waals surface area contributed by atoms with Gasteiger partial charge in [0.25, 0.3) is 5.91 Å². The number of carbonyl (C=O) groups excluding carboxylic acids is 1. The van der Waals surface area contributed by atoms with E-state index < -0.39 is 12.0 Å².